The molecule has 0 aliphatic carbocycles. The van der Waals surface area contributed by atoms with Crippen molar-refractivity contribution in [3.63, 3.8) is 0 Å². The van der Waals surface area contributed by atoms with Crippen LogP contribution in [0, 0.1) is 11.6 Å². The maximum absolute atomic E-state index is 13.5. The Balaban J connectivity index is 1.95. The van der Waals surface area contributed by atoms with E-state index in [0.717, 1.165) is 12.1 Å². The van der Waals surface area contributed by atoms with Gasteiger partial charge in [0.2, 0.25) is 5.91 Å². The summed E-state index contributed by atoms with van der Waals surface area (Å²) in [5.74, 6) is -2.59. The van der Waals surface area contributed by atoms with Crippen molar-refractivity contribution >= 4 is 35.0 Å². The number of rotatable bonds is 5. The zero-order valence-electron chi connectivity index (χ0n) is 13.1. The van der Waals surface area contributed by atoms with Gasteiger partial charge in [0.05, 0.1) is 23.2 Å². The maximum atomic E-state index is 13.5. The second kappa shape index (κ2) is 8.27. The molecule has 4 nitrogen and oxygen atoms in total. The van der Waals surface area contributed by atoms with Crippen LogP contribution in [0.3, 0.4) is 0 Å². The van der Waals surface area contributed by atoms with Gasteiger partial charge in [0, 0.05) is 5.02 Å². The molecular weight excluding hydrogens is 373 g/mol. The minimum Gasteiger partial charge on any atom is -0.348 e. The van der Waals surface area contributed by atoms with E-state index in [1.165, 1.54) is 24.3 Å². The van der Waals surface area contributed by atoms with Crippen molar-refractivity contribution in [1.82, 2.24) is 10.6 Å². The van der Waals surface area contributed by atoms with E-state index in [1.807, 2.05) is 0 Å². The number of amides is 2. The van der Waals surface area contributed by atoms with Gasteiger partial charge in [-0.2, -0.15) is 0 Å². The number of halogens is 4. The first kappa shape index (κ1) is 19.1. The Morgan fingerprint density at radius 2 is 1.76 bits per heavy atom. The Kier molecular flexibility index (Phi) is 6.33. The van der Waals surface area contributed by atoms with Crippen LogP contribution >= 0.6 is 23.2 Å². The predicted octanol–water partition coefficient (Wildman–Crippen LogP) is 3.88. The highest BCUT2D eigenvalue weighted by Crippen LogP contribution is 2.28. The van der Waals surface area contributed by atoms with E-state index in [-0.39, 0.29) is 22.2 Å². The number of benzene rings is 2. The third kappa shape index (κ3) is 4.90. The van der Waals surface area contributed by atoms with Gasteiger partial charge in [-0.05, 0) is 36.8 Å². The lowest BCUT2D eigenvalue weighted by molar-refractivity contribution is -0.120. The van der Waals surface area contributed by atoms with Gasteiger partial charge in [0.25, 0.3) is 5.91 Å². The Morgan fingerprint density at radius 3 is 2.44 bits per heavy atom. The van der Waals surface area contributed by atoms with E-state index < -0.39 is 29.5 Å². The molecule has 0 unspecified atom stereocenters. The Morgan fingerprint density at radius 1 is 1.08 bits per heavy atom. The summed E-state index contributed by atoms with van der Waals surface area (Å²) in [6, 6.07) is 7.18. The zero-order chi connectivity index (χ0) is 18.6. The lowest BCUT2D eigenvalue weighted by atomic mass is 10.1. The highest BCUT2D eigenvalue weighted by molar-refractivity contribution is 6.35. The number of carbonyl (C=O) groups is 2. The van der Waals surface area contributed by atoms with Gasteiger partial charge in [-0.1, -0.05) is 35.3 Å². The minimum absolute atomic E-state index is 0.121. The summed E-state index contributed by atoms with van der Waals surface area (Å²) in [6.07, 6.45) is 0. The van der Waals surface area contributed by atoms with E-state index >= 15 is 0 Å². The number of hydrogen-bond donors (Lipinski definition) is 2. The molecule has 0 aromatic heterocycles. The second-order valence-corrected chi connectivity index (χ2v) is 6.05. The standard InChI is InChI=1S/C17H14Cl2F2N2O2/c1-9(11-6-15(21)13(19)7-12(11)18)23-16(24)8-22-17(25)10-4-2-3-5-14(10)20/h2-7,9H,8H2,1H3,(H,22,25)(H,23,24)/t9-/m1/s1. The van der Waals surface area contributed by atoms with Crippen molar-refractivity contribution in [3.05, 3.63) is 69.2 Å². The lowest BCUT2D eigenvalue weighted by Gasteiger charge is -2.16. The molecule has 2 aromatic carbocycles. The Hall–Kier alpha value is -2.18. The molecule has 0 aliphatic rings. The van der Waals surface area contributed by atoms with Crippen LogP contribution in [0.15, 0.2) is 36.4 Å². The Labute approximate surface area is 153 Å². The van der Waals surface area contributed by atoms with Gasteiger partial charge >= 0.3 is 0 Å². The molecule has 0 radical (unpaired) electrons. The van der Waals surface area contributed by atoms with Crippen LogP contribution in [0.25, 0.3) is 0 Å². The molecule has 0 spiro atoms. The fraction of sp³-hybridized carbons (Fsp3) is 0.176. The fourth-order valence-electron chi connectivity index (χ4n) is 2.14. The van der Waals surface area contributed by atoms with Gasteiger partial charge in [-0.25, -0.2) is 8.78 Å². The third-order valence-electron chi connectivity index (χ3n) is 3.41. The number of hydrogen-bond acceptors (Lipinski definition) is 2. The van der Waals surface area contributed by atoms with Crippen LogP contribution in [0.5, 0.6) is 0 Å². The van der Waals surface area contributed by atoms with E-state index in [9.17, 15) is 18.4 Å². The predicted molar refractivity (Wildman–Crippen MR) is 91.7 cm³/mol. The molecule has 2 aromatic rings. The van der Waals surface area contributed by atoms with Crippen molar-refractivity contribution < 1.29 is 18.4 Å². The van der Waals surface area contributed by atoms with Gasteiger partial charge in [0.1, 0.15) is 11.6 Å². The molecule has 2 amide bonds. The summed E-state index contributed by atoms with van der Waals surface area (Å²) in [5, 5.41) is 4.96. The first-order valence-corrected chi connectivity index (χ1v) is 8.01. The van der Waals surface area contributed by atoms with Crippen LogP contribution in [-0.2, 0) is 4.79 Å². The van der Waals surface area contributed by atoms with Crippen LogP contribution in [0.2, 0.25) is 10.0 Å². The molecule has 0 saturated heterocycles. The molecule has 132 valence electrons. The smallest absolute Gasteiger partial charge is 0.254 e. The molecule has 0 bridgehead atoms. The molecule has 0 fully saturated rings. The van der Waals surface area contributed by atoms with Crippen molar-refractivity contribution in [1.29, 1.82) is 0 Å². The number of carbonyl (C=O) groups excluding carboxylic acids is 2. The van der Waals surface area contributed by atoms with Crippen molar-refractivity contribution in [2.45, 2.75) is 13.0 Å². The molecule has 0 saturated carbocycles. The first-order chi connectivity index (χ1) is 11.8. The van der Waals surface area contributed by atoms with Crippen molar-refractivity contribution in [2.24, 2.45) is 0 Å². The minimum atomic E-state index is -0.712. The average molecular weight is 387 g/mol. The van der Waals surface area contributed by atoms with Crippen LogP contribution in [0.4, 0.5) is 8.78 Å². The van der Waals surface area contributed by atoms with Crippen LogP contribution in [-0.4, -0.2) is 18.4 Å². The summed E-state index contributed by atoms with van der Waals surface area (Å²) in [7, 11) is 0. The normalized spacial score (nSPS) is 11.7. The second-order valence-electron chi connectivity index (χ2n) is 5.24. The summed E-state index contributed by atoms with van der Waals surface area (Å²) >= 11 is 11.6. The topological polar surface area (TPSA) is 58.2 Å². The highest BCUT2D eigenvalue weighted by atomic mass is 35.5. The van der Waals surface area contributed by atoms with E-state index in [2.05, 4.69) is 10.6 Å². The van der Waals surface area contributed by atoms with Gasteiger partial charge in [0.15, 0.2) is 0 Å². The Bertz CT molecular complexity index is 815. The maximum Gasteiger partial charge on any atom is 0.254 e. The molecule has 2 rings (SSSR count). The summed E-state index contributed by atoms with van der Waals surface area (Å²) in [5.41, 5.74) is 0.184. The van der Waals surface area contributed by atoms with Gasteiger partial charge < -0.3 is 10.6 Å². The lowest BCUT2D eigenvalue weighted by Crippen LogP contribution is -2.38. The highest BCUT2D eigenvalue weighted by Gasteiger charge is 2.17. The summed E-state index contributed by atoms with van der Waals surface area (Å²) < 4.78 is 27.0. The third-order valence-corrected chi connectivity index (χ3v) is 4.03. The van der Waals surface area contributed by atoms with Gasteiger partial charge in [-0.15, -0.1) is 0 Å². The van der Waals surface area contributed by atoms with Crippen molar-refractivity contribution in [2.75, 3.05) is 6.54 Å². The van der Waals surface area contributed by atoms with Crippen LogP contribution < -0.4 is 10.6 Å². The fourth-order valence-corrected chi connectivity index (χ4v) is 2.69. The summed E-state index contributed by atoms with van der Waals surface area (Å²) in [4.78, 5) is 23.8. The molecule has 0 aliphatic heterocycles. The van der Waals surface area contributed by atoms with E-state index in [1.54, 1.807) is 6.92 Å². The van der Waals surface area contributed by atoms with E-state index in [4.69, 9.17) is 23.2 Å². The molecule has 25 heavy (non-hydrogen) atoms. The molecular formula is C17H14Cl2F2N2O2. The van der Waals surface area contributed by atoms with Gasteiger partial charge in [-0.3, -0.25) is 9.59 Å². The molecule has 8 heteroatoms. The average Bonchev–Trinajstić information content (AvgIpc) is 2.56. The molecule has 1 atom stereocenters. The molecule has 0 heterocycles. The first-order valence-electron chi connectivity index (χ1n) is 7.26. The largest absolute Gasteiger partial charge is 0.348 e. The monoisotopic (exact) mass is 386 g/mol. The van der Waals surface area contributed by atoms with Crippen molar-refractivity contribution in [3.8, 4) is 0 Å². The van der Waals surface area contributed by atoms with Crippen LogP contribution in [0.1, 0.15) is 28.9 Å². The summed E-state index contributed by atoms with van der Waals surface area (Å²) in [6.45, 7) is 1.23. The number of nitrogens with one attached hydrogen (secondary N) is 2. The quantitative estimate of drug-likeness (QED) is 0.766. The SMILES string of the molecule is C[C@@H](NC(=O)CNC(=O)c1ccccc1F)c1cc(F)c(Cl)cc1Cl. The van der Waals surface area contributed by atoms with E-state index in [0.29, 0.717) is 5.56 Å². The molecule has 2 N–H and O–H groups in total. The zero-order valence-corrected chi connectivity index (χ0v) is 14.6.